The van der Waals surface area contributed by atoms with E-state index in [0.717, 1.165) is 4.90 Å². The average molecular weight is 1160 g/mol. The lowest BCUT2D eigenvalue weighted by Crippen LogP contribution is -2.62. The molecule has 4 aliphatic rings. The van der Waals surface area contributed by atoms with Gasteiger partial charge in [-0.05, 0) is 30.9 Å². The summed E-state index contributed by atoms with van der Waals surface area (Å²) in [5.74, 6) is -12.6. The van der Waals surface area contributed by atoms with Gasteiger partial charge < -0.3 is 83.0 Å². The zero-order valence-electron chi connectivity index (χ0n) is 44.9. The molecule has 444 valence electrons. The molecular formula is C50H71N12O18S+. The maximum atomic E-state index is 14.7. The molecule has 0 aliphatic carbocycles. The second kappa shape index (κ2) is 28.7. The quantitative estimate of drug-likeness (QED) is 0.0428. The number of unbranched alkanes of at least 4 members (excludes halogenated alkanes) is 3. The number of carbonyl (C=O) groups is 12. The van der Waals surface area contributed by atoms with Crippen molar-refractivity contribution in [3.63, 3.8) is 0 Å². The van der Waals surface area contributed by atoms with Gasteiger partial charge in [0.1, 0.15) is 36.0 Å². The van der Waals surface area contributed by atoms with Crippen LogP contribution in [0.2, 0.25) is 0 Å². The van der Waals surface area contributed by atoms with E-state index in [1.807, 2.05) is 0 Å². The number of rotatable bonds is 16. The monoisotopic (exact) mass is 1160 g/mol. The number of hydrogen-bond donors (Lipinski definition) is 14. The molecule has 12 amide bonds. The topological polar surface area (TPSA) is 449 Å². The van der Waals surface area contributed by atoms with Gasteiger partial charge in [-0.2, -0.15) is 4.55 Å². The first kappa shape index (κ1) is 62.6. The van der Waals surface area contributed by atoms with Crippen LogP contribution in [-0.4, -0.2) is 199 Å². The van der Waals surface area contributed by atoms with Crippen molar-refractivity contribution in [2.24, 2.45) is 17.6 Å². The van der Waals surface area contributed by atoms with E-state index in [-0.39, 0.29) is 36.6 Å². The summed E-state index contributed by atoms with van der Waals surface area (Å²) in [5, 5.41) is 52.3. The first-order chi connectivity index (χ1) is 38.5. The van der Waals surface area contributed by atoms with Crippen LogP contribution in [0, 0.1) is 11.8 Å². The minimum atomic E-state index is -2.18. The first-order valence-corrected chi connectivity index (χ1v) is 27.9. The molecule has 11 atom stereocenters. The highest BCUT2D eigenvalue weighted by Crippen LogP contribution is 2.32. The van der Waals surface area contributed by atoms with Crippen LogP contribution in [-0.2, 0) is 75.2 Å². The number of fused-ring (bicyclic) bond motifs is 5. The maximum absolute atomic E-state index is 14.7. The summed E-state index contributed by atoms with van der Waals surface area (Å²) in [6, 6.07) is -5.25. The van der Waals surface area contributed by atoms with Gasteiger partial charge in [-0.25, -0.2) is 4.79 Å². The van der Waals surface area contributed by atoms with Gasteiger partial charge in [-0.15, -0.1) is 5.06 Å². The highest BCUT2D eigenvalue weighted by atomic mass is 32.2. The third-order valence-electron chi connectivity index (χ3n) is 14.3. The molecule has 0 spiro atoms. The normalized spacial score (nSPS) is 25.9. The summed E-state index contributed by atoms with van der Waals surface area (Å²) < 4.78 is 18.4. The van der Waals surface area contributed by atoms with E-state index in [1.165, 1.54) is 6.92 Å². The predicted octanol–water partition coefficient (Wildman–Crippen LogP) is -4.55. The van der Waals surface area contributed by atoms with Crippen LogP contribution in [0.4, 0.5) is 4.79 Å². The van der Waals surface area contributed by atoms with Gasteiger partial charge in [0.05, 0.1) is 50.4 Å². The lowest BCUT2D eigenvalue weighted by Gasteiger charge is -2.32. The molecule has 15 N–H and O–H groups in total. The van der Waals surface area contributed by atoms with Crippen molar-refractivity contribution in [3.05, 3.63) is 23.8 Å². The molecule has 2 aromatic rings. The number of hydrogen-bond acceptors (Lipinski definition) is 18. The molecule has 6 rings (SSSR count). The standard InChI is InChI=1S/C50H70N12O18S/c1-4-24(2)41-46(74)54-19-37(67)55-33-23-81(78)48-29(28-10-9-27(16-30(28)58-48)79-14-8-6-5-7-13-52-50(77)80-62-39(69)11-12-40(62)70)17-31(43(71)53-20-38(68)59-41)56-47(75)42(25(3)35(65)22-63)60-45(73)34-15-26(64)21-61(34)49(76)32(18-36(51)66)57-44(33)72/h9-10,16,24-26,31-35,41-42,58,63-65,78H,4-8,11-15,17-23H2,1-3H3,(H9-,51,52,53,54,55,56,57,59,60,66,67,68,71,72,73,74,75,77)/p+1/t24-,25-,26?,31-,32-,33?,34-,35-,41-,42-,81?/m0/s1. The van der Waals surface area contributed by atoms with Crippen molar-refractivity contribution < 1.29 is 87.0 Å². The van der Waals surface area contributed by atoms with Crippen LogP contribution in [0.15, 0.2) is 23.2 Å². The van der Waals surface area contributed by atoms with Crippen LogP contribution >= 0.6 is 0 Å². The fourth-order valence-corrected chi connectivity index (χ4v) is 11.0. The van der Waals surface area contributed by atoms with E-state index in [4.69, 9.17) is 15.3 Å². The van der Waals surface area contributed by atoms with Gasteiger partial charge in [-0.1, -0.05) is 40.0 Å². The summed E-state index contributed by atoms with van der Waals surface area (Å²) in [6.45, 7) is 2.14. The Balaban J connectivity index is 1.38. The molecule has 5 heterocycles. The van der Waals surface area contributed by atoms with Gasteiger partial charge in [0.2, 0.25) is 64.3 Å². The molecule has 2 fully saturated rings. The number of ether oxygens (including phenoxy) is 1. The zero-order valence-corrected chi connectivity index (χ0v) is 45.7. The predicted molar refractivity (Wildman–Crippen MR) is 282 cm³/mol. The SMILES string of the molecule is CC[C@H](C)[C@@H]1NC(=O)CNC(=O)[C@@H]2Cc3c([nH]c4cc(OCCCCCCNC(=O)ON5C(=O)CCC5=O)ccc34)[S+](O)CC(NC(=O)CNC1=O)C(=O)N[C@@H](CC(N)=O)C(=O)N1CC(O)C[C@H]1C(=O)N[C@@H]([C@@H](C)[C@@H](O)CO)C(=O)N2. The Labute approximate surface area is 466 Å². The first-order valence-electron chi connectivity index (χ1n) is 26.6. The Bertz CT molecular complexity index is 2710. The highest BCUT2D eigenvalue weighted by Gasteiger charge is 2.46. The number of benzene rings is 1. The summed E-state index contributed by atoms with van der Waals surface area (Å²) in [7, 11) is 0. The Hall–Kier alpha value is -7.61. The van der Waals surface area contributed by atoms with Gasteiger partial charge in [-0.3, -0.25) is 52.7 Å². The van der Waals surface area contributed by atoms with E-state index in [1.54, 1.807) is 32.0 Å². The third-order valence-corrected chi connectivity index (χ3v) is 15.8. The van der Waals surface area contributed by atoms with Gasteiger partial charge in [0.15, 0.2) is 11.8 Å². The number of nitrogens with two attached hydrogens (primary N) is 1. The molecule has 2 bridgehead atoms. The van der Waals surface area contributed by atoms with E-state index in [9.17, 15) is 77.4 Å². The lowest BCUT2D eigenvalue weighted by atomic mass is 9.93. The lowest BCUT2D eigenvalue weighted by molar-refractivity contribution is -0.171. The second-order valence-electron chi connectivity index (χ2n) is 20.3. The molecule has 4 aliphatic heterocycles. The molecule has 2 saturated heterocycles. The smallest absolute Gasteiger partial charge is 0.432 e. The molecule has 1 aromatic heterocycles. The number of primary amides is 1. The molecule has 30 nitrogen and oxygen atoms in total. The Morgan fingerprint density at radius 3 is 2.19 bits per heavy atom. The molecular weight excluding hydrogens is 1090 g/mol. The van der Waals surface area contributed by atoms with Crippen molar-refractivity contribution in [3.8, 4) is 5.75 Å². The van der Waals surface area contributed by atoms with E-state index in [2.05, 4.69) is 47.5 Å². The number of hydroxylamine groups is 2. The van der Waals surface area contributed by atoms with Crippen LogP contribution < -0.4 is 53.0 Å². The molecule has 0 radical (unpaired) electrons. The van der Waals surface area contributed by atoms with Crippen molar-refractivity contribution >= 4 is 93.2 Å². The Morgan fingerprint density at radius 1 is 0.827 bits per heavy atom. The summed E-state index contributed by atoms with van der Waals surface area (Å²) >= 11 is -2.18. The minimum Gasteiger partial charge on any atom is -0.494 e. The van der Waals surface area contributed by atoms with Crippen LogP contribution in [0.3, 0.4) is 0 Å². The largest absolute Gasteiger partial charge is 0.494 e. The number of aliphatic hydroxyl groups excluding tert-OH is 3. The van der Waals surface area contributed by atoms with Crippen molar-refractivity contribution in [1.82, 2.24) is 57.5 Å². The highest BCUT2D eigenvalue weighted by molar-refractivity contribution is 7.91. The number of H-pyrrole nitrogens is 1. The van der Waals surface area contributed by atoms with Gasteiger partial charge in [0, 0.05) is 61.7 Å². The number of aliphatic hydroxyl groups is 3. The second-order valence-corrected chi connectivity index (χ2v) is 21.8. The van der Waals surface area contributed by atoms with Gasteiger partial charge in [0.25, 0.3) is 16.8 Å². The van der Waals surface area contributed by atoms with Crippen molar-refractivity contribution in [1.29, 1.82) is 0 Å². The van der Waals surface area contributed by atoms with Crippen LogP contribution in [0.25, 0.3) is 10.9 Å². The number of aromatic nitrogens is 1. The van der Waals surface area contributed by atoms with Crippen LogP contribution in [0.1, 0.15) is 84.1 Å². The number of nitrogens with zero attached hydrogens (tertiary/aromatic N) is 2. The van der Waals surface area contributed by atoms with E-state index < -0.39 is 194 Å². The van der Waals surface area contributed by atoms with E-state index in [0.29, 0.717) is 53.8 Å². The summed E-state index contributed by atoms with van der Waals surface area (Å²) in [4.78, 5) is 170. The minimum absolute atomic E-state index is 0.0374. The maximum Gasteiger partial charge on any atom is 0.432 e. The van der Waals surface area contributed by atoms with Crippen molar-refractivity contribution in [2.45, 2.75) is 138 Å². The fraction of sp³-hybridized carbons (Fsp3) is 0.600. The fourth-order valence-electron chi connectivity index (χ4n) is 9.53. The summed E-state index contributed by atoms with van der Waals surface area (Å²) in [5.41, 5.74) is 6.01. The molecule has 0 saturated carbocycles. The molecule has 1 aromatic carbocycles. The van der Waals surface area contributed by atoms with Crippen molar-refractivity contribution in [2.75, 3.05) is 45.1 Å². The molecule has 81 heavy (non-hydrogen) atoms. The number of amides is 12. The van der Waals surface area contributed by atoms with E-state index >= 15 is 0 Å². The molecule has 31 heteroatoms. The Kier molecular flexibility index (Phi) is 22.2. The number of aromatic amines is 1. The zero-order chi connectivity index (χ0) is 59.2. The van der Waals surface area contributed by atoms with Gasteiger partial charge >= 0.3 is 6.09 Å². The third kappa shape index (κ3) is 16.5. The number of carbonyl (C=O) groups excluding carboxylic acids is 12. The average Bonchev–Trinajstić information content (AvgIpc) is 4.05. The Morgan fingerprint density at radius 2 is 1.51 bits per heavy atom. The number of nitrogens with one attached hydrogen (secondary N) is 9. The number of imide groups is 1. The summed E-state index contributed by atoms with van der Waals surface area (Å²) in [6.07, 6.45) is -3.10. The van der Waals surface area contributed by atoms with Crippen LogP contribution in [0.5, 0.6) is 5.75 Å². The molecule has 3 unspecified atom stereocenters.